The summed E-state index contributed by atoms with van der Waals surface area (Å²) in [7, 11) is 0. The topological polar surface area (TPSA) is 73.8 Å². The van der Waals surface area contributed by atoms with Crippen LogP contribution < -0.4 is 10.2 Å². The second-order valence-electron chi connectivity index (χ2n) is 5.75. The second-order valence-corrected chi connectivity index (χ2v) is 5.75. The molecule has 0 aromatic carbocycles. The van der Waals surface area contributed by atoms with Crippen LogP contribution in [0, 0.1) is 0 Å². The Hall–Kier alpha value is -1.93. The van der Waals surface area contributed by atoms with Gasteiger partial charge in [-0.25, -0.2) is 4.98 Å². The summed E-state index contributed by atoms with van der Waals surface area (Å²) in [4.78, 5) is 26.0. The van der Waals surface area contributed by atoms with Gasteiger partial charge in [0.1, 0.15) is 5.82 Å². The van der Waals surface area contributed by atoms with Crippen molar-refractivity contribution in [2.24, 2.45) is 0 Å². The lowest BCUT2D eigenvalue weighted by molar-refractivity contribution is -0.118. The number of nitrogens with one attached hydrogen (secondary N) is 1. The summed E-state index contributed by atoms with van der Waals surface area (Å²) in [6.45, 7) is 8.51. The zero-order chi connectivity index (χ0) is 15.9. The van der Waals surface area contributed by atoms with Gasteiger partial charge in [-0.1, -0.05) is 0 Å². The van der Waals surface area contributed by atoms with Crippen molar-refractivity contribution < 1.29 is 9.53 Å². The van der Waals surface area contributed by atoms with E-state index in [4.69, 9.17) is 4.74 Å². The van der Waals surface area contributed by atoms with Gasteiger partial charge in [0.25, 0.3) is 0 Å². The number of amides is 1. The minimum atomic E-state index is 0.661. The van der Waals surface area contributed by atoms with Gasteiger partial charge in [-0.3, -0.25) is 9.69 Å². The molecule has 1 aromatic heterocycles. The molecular weight excluding hydrogens is 296 g/mol. The van der Waals surface area contributed by atoms with Gasteiger partial charge in [-0.15, -0.1) is 0 Å². The normalized spacial score (nSPS) is 19.7. The second kappa shape index (κ2) is 8.07. The summed E-state index contributed by atoms with van der Waals surface area (Å²) in [5, 5.41) is 3.29. The molecule has 0 unspecified atom stereocenters. The highest BCUT2D eigenvalue weighted by atomic mass is 16.5. The number of ether oxygens (including phenoxy) is 1. The van der Waals surface area contributed by atoms with E-state index in [0.29, 0.717) is 5.95 Å². The van der Waals surface area contributed by atoms with Gasteiger partial charge in [-0.2, -0.15) is 4.98 Å². The molecule has 2 saturated heterocycles. The molecule has 2 aliphatic rings. The molecule has 3 rings (SSSR count). The minimum Gasteiger partial charge on any atom is -0.379 e. The van der Waals surface area contributed by atoms with E-state index in [1.807, 2.05) is 6.07 Å². The van der Waals surface area contributed by atoms with Crippen molar-refractivity contribution in [3.8, 4) is 0 Å². The van der Waals surface area contributed by atoms with Gasteiger partial charge in [0.05, 0.1) is 13.2 Å². The van der Waals surface area contributed by atoms with Crippen molar-refractivity contribution in [3.63, 3.8) is 0 Å². The lowest BCUT2D eigenvalue weighted by atomic mass is 10.3. The fourth-order valence-corrected chi connectivity index (χ4v) is 2.82. The standard InChI is InChI=1S/C15H24N6O2/c22-13-20-5-7-21(8-6-20)14-1-2-16-15(18-14)17-3-4-19-9-11-23-12-10-19/h1-2,13H,3-12H2,(H,16,17,18). The zero-order valence-electron chi connectivity index (χ0n) is 13.4. The number of hydrogen-bond donors (Lipinski definition) is 1. The molecule has 0 radical (unpaired) electrons. The van der Waals surface area contributed by atoms with Crippen LogP contribution in [-0.4, -0.2) is 91.7 Å². The summed E-state index contributed by atoms with van der Waals surface area (Å²) < 4.78 is 5.35. The first-order valence-electron chi connectivity index (χ1n) is 8.16. The van der Waals surface area contributed by atoms with Crippen LogP contribution in [0.5, 0.6) is 0 Å². The SMILES string of the molecule is O=CN1CCN(c2ccnc(NCCN3CCOCC3)n2)CC1. The van der Waals surface area contributed by atoms with Gasteiger partial charge in [0.2, 0.25) is 12.4 Å². The van der Waals surface area contributed by atoms with E-state index in [1.54, 1.807) is 11.1 Å². The Bertz CT molecular complexity index is 500. The van der Waals surface area contributed by atoms with Gasteiger partial charge >= 0.3 is 0 Å². The van der Waals surface area contributed by atoms with E-state index < -0.39 is 0 Å². The first-order chi connectivity index (χ1) is 11.3. The number of nitrogens with zero attached hydrogens (tertiary/aromatic N) is 5. The van der Waals surface area contributed by atoms with Gasteiger partial charge in [-0.05, 0) is 6.07 Å². The van der Waals surface area contributed by atoms with Crippen LogP contribution >= 0.6 is 0 Å². The van der Waals surface area contributed by atoms with Crippen LogP contribution in [0.15, 0.2) is 12.3 Å². The number of hydrogen-bond acceptors (Lipinski definition) is 7. The Balaban J connectivity index is 1.48. The van der Waals surface area contributed by atoms with Crippen LogP contribution in [-0.2, 0) is 9.53 Å². The van der Waals surface area contributed by atoms with Crippen molar-refractivity contribution in [2.45, 2.75) is 0 Å². The molecular formula is C15H24N6O2. The Morgan fingerprint density at radius 3 is 2.70 bits per heavy atom. The predicted octanol–water partition coefficient (Wildman–Crippen LogP) is -0.501. The number of anilines is 2. The van der Waals surface area contributed by atoms with E-state index in [1.165, 1.54) is 0 Å². The molecule has 2 aliphatic heterocycles. The fourth-order valence-electron chi connectivity index (χ4n) is 2.82. The van der Waals surface area contributed by atoms with Gasteiger partial charge in [0, 0.05) is 58.6 Å². The molecule has 23 heavy (non-hydrogen) atoms. The molecule has 0 spiro atoms. The van der Waals surface area contributed by atoms with Crippen LogP contribution in [0.4, 0.5) is 11.8 Å². The summed E-state index contributed by atoms with van der Waals surface area (Å²) in [6, 6.07) is 1.92. The third kappa shape index (κ3) is 4.52. The maximum Gasteiger partial charge on any atom is 0.224 e. The quantitative estimate of drug-likeness (QED) is 0.708. The molecule has 0 saturated carbocycles. The summed E-state index contributed by atoms with van der Waals surface area (Å²) in [6.07, 6.45) is 2.70. The molecule has 1 N–H and O–H groups in total. The number of carbonyl (C=O) groups excluding carboxylic acids is 1. The zero-order valence-corrected chi connectivity index (χ0v) is 13.4. The average Bonchev–Trinajstić information content (AvgIpc) is 2.63. The highest BCUT2D eigenvalue weighted by molar-refractivity contribution is 5.49. The number of piperazine rings is 1. The number of morpholine rings is 1. The largest absolute Gasteiger partial charge is 0.379 e. The Labute approximate surface area is 136 Å². The summed E-state index contributed by atoms with van der Waals surface area (Å²) in [5.74, 6) is 1.58. The van der Waals surface area contributed by atoms with Crippen molar-refractivity contribution in [1.29, 1.82) is 0 Å². The van der Waals surface area contributed by atoms with E-state index in [9.17, 15) is 4.79 Å². The molecule has 1 amide bonds. The van der Waals surface area contributed by atoms with E-state index in [-0.39, 0.29) is 0 Å². The molecule has 2 fully saturated rings. The summed E-state index contributed by atoms with van der Waals surface area (Å²) >= 11 is 0. The number of rotatable bonds is 6. The maximum atomic E-state index is 10.8. The Morgan fingerprint density at radius 2 is 1.96 bits per heavy atom. The van der Waals surface area contributed by atoms with Crippen LogP contribution in [0.2, 0.25) is 0 Å². The molecule has 8 nitrogen and oxygen atoms in total. The van der Waals surface area contributed by atoms with Crippen LogP contribution in [0.3, 0.4) is 0 Å². The van der Waals surface area contributed by atoms with Crippen molar-refractivity contribution in [2.75, 3.05) is 75.8 Å². The van der Waals surface area contributed by atoms with Gasteiger partial charge < -0.3 is 19.9 Å². The lowest BCUT2D eigenvalue weighted by Gasteiger charge is -2.33. The fraction of sp³-hybridized carbons (Fsp3) is 0.667. The van der Waals surface area contributed by atoms with E-state index in [2.05, 4.69) is 25.1 Å². The number of carbonyl (C=O) groups is 1. The molecule has 0 aliphatic carbocycles. The first-order valence-corrected chi connectivity index (χ1v) is 8.16. The van der Waals surface area contributed by atoms with Crippen molar-refractivity contribution >= 4 is 18.2 Å². The molecule has 126 valence electrons. The molecule has 1 aromatic rings. The smallest absolute Gasteiger partial charge is 0.224 e. The maximum absolute atomic E-state index is 10.8. The van der Waals surface area contributed by atoms with Crippen molar-refractivity contribution in [1.82, 2.24) is 19.8 Å². The highest BCUT2D eigenvalue weighted by Crippen LogP contribution is 2.14. The van der Waals surface area contributed by atoms with E-state index in [0.717, 1.165) is 77.8 Å². The Morgan fingerprint density at radius 1 is 1.17 bits per heavy atom. The first kappa shape index (κ1) is 15.9. The molecule has 8 heteroatoms. The minimum absolute atomic E-state index is 0.661. The monoisotopic (exact) mass is 320 g/mol. The van der Waals surface area contributed by atoms with Gasteiger partial charge in [0.15, 0.2) is 0 Å². The summed E-state index contributed by atoms with van der Waals surface area (Å²) in [5.41, 5.74) is 0. The highest BCUT2D eigenvalue weighted by Gasteiger charge is 2.17. The van der Waals surface area contributed by atoms with Crippen LogP contribution in [0.25, 0.3) is 0 Å². The van der Waals surface area contributed by atoms with Crippen molar-refractivity contribution in [3.05, 3.63) is 12.3 Å². The molecule has 3 heterocycles. The third-order valence-corrected chi connectivity index (χ3v) is 4.24. The third-order valence-electron chi connectivity index (χ3n) is 4.24. The molecule has 0 atom stereocenters. The average molecular weight is 320 g/mol. The molecule has 0 bridgehead atoms. The lowest BCUT2D eigenvalue weighted by Crippen LogP contribution is -2.46. The van der Waals surface area contributed by atoms with E-state index >= 15 is 0 Å². The predicted molar refractivity (Wildman–Crippen MR) is 87.6 cm³/mol. The Kier molecular flexibility index (Phi) is 5.60. The number of aromatic nitrogens is 2. The van der Waals surface area contributed by atoms with Crippen LogP contribution in [0.1, 0.15) is 0 Å².